The van der Waals surface area contributed by atoms with Crippen LogP contribution in [-0.2, 0) is 16.1 Å². The van der Waals surface area contributed by atoms with Crippen molar-refractivity contribution in [2.75, 3.05) is 6.54 Å². The third kappa shape index (κ3) is 4.07. The largest absolute Gasteiger partial charge is 0.346 e. The van der Waals surface area contributed by atoms with Gasteiger partial charge in [-0.25, -0.2) is 4.79 Å². The molecular formula is C16H21N3O3. The van der Waals surface area contributed by atoms with Crippen molar-refractivity contribution in [3.63, 3.8) is 0 Å². The Kier molecular flexibility index (Phi) is 5.52. The van der Waals surface area contributed by atoms with Crippen LogP contribution in [0.5, 0.6) is 0 Å². The number of hydrogen-bond acceptors (Lipinski definition) is 3. The van der Waals surface area contributed by atoms with Gasteiger partial charge in [-0.1, -0.05) is 50.1 Å². The van der Waals surface area contributed by atoms with Crippen molar-refractivity contribution in [1.29, 1.82) is 0 Å². The third-order valence-electron chi connectivity index (χ3n) is 3.50. The summed E-state index contributed by atoms with van der Waals surface area (Å²) in [6.45, 7) is 2.39. The molecule has 0 unspecified atom stereocenters. The monoisotopic (exact) mass is 303 g/mol. The van der Waals surface area contributed by atoms with E-state index in [0.717, 1.165) is 29.8 Å². The second kappa shape index (κ2) is 7.59. The van der Waals surface area contributed by atoms with Gasteiger partial charge >= 0.3 is 6.03 Å². The summed E-state index contributed by atoms with van der Waals surface area (Å²) in [5.41, 5.74) is 3.35. The first-order valence-electron chi connectivity index (χ1n) is 7.57. The summed E-state index contributed by atoms with van der Waals surface area (Å²) in [4.78, 5) is 37.3. The summed E-state index contributed by atoms with van der Waals surface area (Å²) >= 11 is 0. The molecule has 6 heteroatoms. The molecule has 0 saturated carbocycles. The maximum Gasteiger partial charge on any atom is 0.346 e. The average Bonchev–Trinajstić information content (AvgIpc) is 2.76. The van der Waals surface area contributed by atoms with E-state index in [4.69, 9.17) is 0 Å². The summed E-state index contributed by atoms with van der Waals surface area (Å²) in [6.07, 6.45) is 3.05. The van der Waals surface area contributed by atoms with Crippen molar-refractivity contribution in [3.05, 3.63) is 35.9 Å². The number of hydrogen-bond donors (Lipinski definition) is 1. The summed E-state index contributed by atoms with van der Waals surface area (Å²) in [5.74, 6) is -0.693. The molecule has 0 aromatic heterocycles. The predicted octanol–water partition coefficient (Wildman–Crippen LogP) is 2.06. The summed E-state index contributed by atoms with van der Waals surface area (Å²) < 4.78 is 0. The topological polar surface area (TPSA) is 69.7 Å². The van der Waals surface area contributed by atoms with E-state index in [9.17, 15) is 14.4 Å². The molecule has 0 aliphatic carbocycles. The lowest BCUT2D eigenvalue weighted by atomic mass is 10.2. The van der Waals surface area contributed by atoms with Gasteiger partial charge in [-0.3, -0.25) is 15.0 Å². The Morgan fingerprint density at radius 3 is 2.59 bits per heavy atom. The Morgan fingerprint density at radius 2 is 1.91 bits per heavy atom. The number of hydrazine groups is 1. The van der Waals surface area contributed by atoms with Crippen LogP contribution < -0.4 is 5.43 Å². The Bertz CT molecular complexity index is 545. The molecule has 4 amide bonds. The van der Waals surface area contributed by atoms with Crippen molar-refractivity contribution in [1.82, 2.24) is 15.3 Å². The fraction of sp³-hybridized carbons (Fsp3) is 0.438. The minimum atomic E-state index is -0.474. The molecule has 1 aromatic carbocycles. The number of amides is 4. The molecule has 1 aromatic rings. The van der Waals surface area contributed by atoms with Crippen LogP contribution in [0.2, 0.25) is 0 Å². The Morgan fingerprint density at radius 1 is 1.18 bits per heavy atom. The molecule has 1 N–H and O–H groups in total. The highest BCUT2D eigenvalue weighted by Gasteiger charge is 2.37. The molecule has 0 spiro atoms. The average molecular weight is 303 g/mol. The Labute approximate surface area is 130 Å². The molecule has 118 valence electrons. The SMILES string of the molecule is CCCCCC(=O)NN1C(=O)CN(Cc2ccccc2)C1=O. The van der Waals surface area contributed by atoms with Gasteiger partial charge in [0.05, 0.1) is 0 Å². The maximum atomic E-state index is 12.2. The van der Waals surface area contributed by atoms with Gasteiger partial charge in [-0.05, 0) is 12.0 Å². The second-order valence-electron chi connectivity index (χ2n) is 5.35. The molecule has 6 nitrogen and oxygen atoms in total. The van der Waals surface area contributed by atoms with Gasteiger partial charge in [0.15, 0.2) is 0 Å². The van der Waals surface area contributed by atoms with Crippen molar-refractivity contribution in [2.45, 2.75) is 39.2 Å². The van der Waals surface area contributed by atoms with Crippen LogP contribution in [0.3, 0.4) is 0 Å². The first-order valence-corrected chi connectivity index (χ1v) is 7.57. The molecule has 2 rings (SSSR count). The smallest absolute Gasteiger partial charge is 0.309 e. The fourth-order valence-electron chi connectivity index (χ4n) is 2.30. The van der Waals surface area contributed by atoms with Crippen LogP contribution in [0.15, 0.2) is 30.3 Å². The zero-order chi connectivity index (χ0) is 15.9. The summed E-state index contributed by atoms with van der Waals surface area (Å²) in [6, 6.07) is 8.96. The lowest BCUT2D eigenvalue weighted by molar-refractivity contribution is -0.135. The number of nitrogens with one attached hydrogen (secondary N) is 1. The normalized spacial score (nSPS) is 14.6. The van der Waals surface area contributed by atoms with Crippen LogP contribution in [0.4, 0.5) is 4.79 Å². The quantitative estimate of drug-likeness (QED) is 0.619. The zero-order valence-corrected chi connectivity index (χ0v) is 12.7. The van der Waals surface area contributed by atoms with E-state index in [1.54, 1.807) is 0 Å². The number of carbonyl (C=O) groups excluding carboxylic acids is 3. The lowest BCUT2D eigenvalue weighted by Crippen LogP contribution is -2.46. The van der Waals surface area contributed by atoms with Crippen LogP contribution in [0.25, 0.3) is 0 Å². The second-order valence-corrected chi connectivity index (χ2v) is 5.35. The molecule has 0 atom stereocenters. The van der Waals surface area contributed by atoms with Gasteiger partial charge in [0, 0.05) is 13.0 Å². The molecule has 1 saturated heterocycles. The van der Waals surface area contributed by atoms with E-state index in [1.807, 2.05) is 37.3 Å². The fourth-order valence-corrected chi connectivity index (χ4v) is 2.30. The van der Waals surface area contributed by atoms with Crippen LogP contribution in [0.1, 0.15) is 38.2 Å². The van der Waals surface area contributed by atoms with E-state index in [0.29, 0.717) is 13.0 Å². The van der Waals surface area contributed by atoms with Gasteiger partial charge in [0.25, 0.3) is 5.91 Å². The molecule has 1 fully saturated rings. The summed E-state index contributed by atoms with van der Waals surface area (Å²) in [7, 11) is 0. The maximum absolute atomic E-state index is 12.2. The van der Waals surface area contributed by atoms with E-state index >= 15 is 0 Å². The molecule has 0 radical (unpaired) electrons. The number of unbranched alkanes of at least 4 members (excludes halogenated alkanes) is 2. The Balaban J connectivity index is 1.90. The number of imide groups is 1. The number of nitrogens with zero attached hydrogens (tertiary/aromatic N) is 2. The van der Waals surface area contributed by atoms with Gasteiger partial charge in [0.2, 0.25) is 5.91 Å². The minimum Gasteiger partial charge on any atom is -0.309 e. The van der Waals surface area contributed by atoms with Crippen molar-refractivity contribution in [3.8, 4) is 0 Å². The van der Waals surface area contributed by atoms with Crippen LogP contribution in [-0.4, -0.2) is 34.3 Å². The number of benzene rings is 1. The predicted molar refractivity (Wildman–Crippen MR) is 81.4 cm³/mol. The molecule has 0 bridgehead atoms. The van der Waals surface area contributed by atoms with E-state index in [2.05, 4.69) is 5.43 Å². The molecule has 1 heterocycles. The standard InChI is InChI=1S/C16H21N3O3/c1-2-3-5-10-14(20)17-19-15(21)12-18(16(19)22)11-13-8-6-4-7-9-13/h4,6-9H,2-3,5,10-12H2,1H3,(H,17,20). The summed E-state index contributed by atoms with van der Waals surface area (Å²) in [5, 5.41) is 0.831. The highest BCUT2D eigenvalue weighted by Crippen LogP contribution is 2.13. The molecule has 1 aliphatic heterocycles. The molecule has 1 aliphatic rings. The number of carbonyl (C=O) groups is 3. The van der Waals surface area contributed by atoms with E-state index in [-0.39, 0.29) is 12.5 Å². The van der Waals surface area contributed by atoms with Crippen molar-refractivity contribution in [2.24, 2.45) is 0 Å². The number of urea groups is 1. The van der Waals surface area contributed by atoms with Crippen LogP contribution >= 0.6 is 0 Å². The highest BCUT2D eigenvalue weighted by molar-refractivity contribution is 6.03. The van der Waals surface area contributed by atoms with Gasteiger partial charge in [0.1, 0.15) is 6.54 Å². The minimum absolute atomic E-state index is 0.0109. The lowest BCUT2D eigenvalue weighted by Gasteiger charge is -2.17. The van der Waals surface area contributed by atoms with E-state index < -0.39 is 11.9 Å². The first kappa shape index (κ1) is 16.0. The zero-order valence-electron chi connectivity index (χ0n) is 12.7. The van der Waals surface area contributed by atoms with Gasteiger partial charge < -0.3 is 4.90 Å². The van der Waals surface area contributed by atoms with Crippen LogP contribution in [0, 0.1) is 0 Å². The van der Waals surface area contributed by atoms with Gasteiger partial charge in [-0.2, -0.15) is 5.01 Å². The third-order valence-corrected chi connectivity index (χ3v) is 3.50. The molecular weight excluding hydrogens is 282 g/mol. The highest BCUT2D eigenvalue weighted by atomic mass is 16.2. The number of rotatable bonds is 7. The van der Waals surface area contributed by atoms with E-state index in [1.165, 1.54) is 4.90 Å². The van der Waals surface area contributed by atoms with Crippen molar-refractivity contribution < 1.29 is 14.4 Å². The van der Waals surface area contributed by atoms with Gasteiger partial charge in [-0.15, -0.1) is 0 Å². The first-order chi connectivity index (χ1) is 10.6. The molecule has 22 heavy (non-hydrogen) atoms. The van der Waals surface area contributed by atoms with Crippen molar-refractivity contribution >= 4 is 17.8 Å². The Hall–Kier alpha value is -2.37.